The van der Waals surface area contributed by atoms with Gasteiger partial charge >= 0.3 is 5.97 Å². The number of carbonyl (C=O) groups is 1. The van der Waals surface area contributed by atoms with Crippen LogP contribution < -0.4 is 0 Å². The zero-order valence-electron chi connectivity index (χ0n) is 9.40. The van der Waals surface area contributed by atoms with Gasteiger partial charge in [0.15, 0.2) is 0 Å². The molecule has 4 nitrogen and oxygen atoms in total. The minimum absolute atomic E-state index is 0.141. The van der Waals surface area contributed by atoms with E-state index in [9.17, 15) is 4.79 Å². The third-order valence-corrected chi connectivity index (χ3v) is 3.19. The molecule has 1 fully saturated rings. The van der Waals surface area contributed by atoms with Crippen LogP contribution in [0.3, 0.4) is 0 Å². The normalized spacial score (nSPS) is 33.9. The Morgan fingerprint density at radius 3 is 2.50 bits per heavy atom. The fourth-order valence-corrected chi connectivity index (χ4v) is 2.56. The summed E-state index contributed by atoms with van der Waals surface area (Å²) in [6.45, 7) is 2.78. The van der Waals surface area contributed by atoms with Gasteiger partial charge in [-0.2, -0.15) is 0 Å². The Morgan fingerprint density at radius 1 is 1.57 bits per heavy atom. The second kappa shape index (κ2) is 4.28. The third-order valence-electron chi connectivity index (χ3n) is 3.19. The fourth-order valence-electron chi connectivity index (χ4n) is 2.56. The van der Waals surface area contributed by atoms with Gasteiger partial charge < -0.3 is 14.9 Å². The molecule has 3 atom stereocenters. The lowest BCUT2D eigenvalue weighted by molar-refractivity contribution is -0.142. The van der Waals surface area contributed by atoms with Crippen molar-refractivity contribution in [3.05, 3.63) is 0 Å². The van der Waals surface area contributed by atoms with Crippen molar-refractivity contribution in [3.8, 4) is 0 Å². The van der Waals surface area contributed by atoms with Crippen LogP contribution in [0, 0.1) is 5.92 Å². The molecule has 0 aromatic heterocycles. The predicted octanol–water partition coefficient (Wildman–Crippen LogP) is 0.341. The topological polar surface area (TPSA) is 43.8 Å². The zero-order valence-corrected chi connectivity index (χ0v) is 9.40. The molecule has 3 unspecified atom stereocenters. The molecule has 0 radical (unpaired) electrons. The number of hydrogen-bond donors (Lipinski definition) is 1. The maximum atomic E-state index is 11.1. The van der Waals surface area contributed by atoms with Crippen LogP contribution in [0.5, 0.6) is 0 Å². The lowest BCUT2D eigenvalue weighted by Gasteiger charge is -2.29. The number of likely N-dealkylation sites (N-methyl/N-ethyl adjacent to an activating group) is 2. The van der Waals surface area contributed by atoms with Gasteiger partial charge in [0.05, 0.1) is 5.92 Å². The van der Waals surface area contributed by atoms with Gasteiger partial charge in [-0.05, 0) is 27.6 Å². The van der Waals surface area contributed by atoms with E-state index in [0.717, 1.165) is 6.42 Å². The van der Waals surface area contributed by atoms with E-state index < -0.39 is 5.97 Å². The number of likely N-dealkylation sites (tertiary alicyclic amines) is 1. The minimum atomic E-state index is -0.675. The van der Waals surface area contributed by atoms with Crippen LogP contribution in [0.4, 0.5) is 0 Å². The van der Waals surface area contributed by atoms with Crippen molar-refractivity contribution in [3.63, 3.8) is 0 Å². The smallest absolute Gasteiger partial charge is 0.309 e. The lowest BCUT2D eigenvalue weighted by atomic mass is 9.96. The highest BCUT2D eigenvalue weighted by atomic mass is 16.4. The van der Waals surface area contributed by atoms with E-state index >= 15 is 0 Å². The van der Waals surface area contributed by atoms with Crippen LogP contribution in [0.2, 0.25) is 0 Å². The zero-order chi connectivity index (χ0) is 10.9. The van der Waals surface area contributed by atoms with Crippen LogP contribution in [0.1, 0.15) is 13.3 Å². The van der Waals surface area contributed by atoms with Crippen molar-refractivity contribution in [1.82, 2.24) is 9.80 Å². The van der Waals surface area contributed by atoms with Crippen molar-refractivity contribution >= 4 is 5.97 Å². The maximum absolute atomic E-state index is 11.1. The molecule has 14 heavy (non-hydrogen) atoms. The Kier molecular flexibility index (Phi) is 3.50. The summed E-state index contributed by atoms with van der Waals surface area (Å²) < 4.78 is 0. The molecule has 1 saturated heterocycles. The summed E-state index contributed by atoms with van der Waals surface area (Å²) in [7, 11) is 5.93. The molecule has 0 amide bonds. The van der Waals surface area contributed by atoms with Gasteiger partial charge in [0.2, 0.25) is 0 Å². The van der Waals surface area contributed by atoms with Crippen LogP contribution in [0.25, 0.3) is 0 Å². The predicted molar refractivity (Wildman–Crippen MR) is 55.3 cm³/mol. The highest BCUT2D eigenvalue weighted by Crippen LogP contribution is 2.27. The molecule has 1 N–H and O–H groups in total. The molecule has 1 heterocycles. The minimum Gasteiger partial charge on any atom is -0.481 e. The molecule has 0 spiro atoms. The first kappa shape index (κ1) is 11.5. The summed E-state index contributed by atoms with van der Waals surface area (Å²) in [6.07, 6.45) is 1.00. The van der Waals surface area contributed by atoms with Gasteiger partial charge in [-0.1, -0.05) is 6.92 Å². The fraction of sp³-hybridized carbons (Fsp3) is 0.900. The SMILES string of the molecule is CCC1C(N(C)C)C(C(=O)O)CN1C. The summed E-state index contributed by atoms with van der Waals surface area (Å²) >= 11 is 0. The molecule has 1 aliphatic rings. The summed E-state index contributed by atoms with van der Waals surface area (Å²) in [6, 6.07) is 0.508. The number of carboxylic acid groups (broad SMARTS) is 1. The number of carboxylic acids is 1. The highest BCUT2D eigenvalue weighted by Gasteiger charge is 2.43. The monoisotopic (exact) mass is 200 g/mol. The van der Waals surface area contributed by atoms with Gasteiger partial charge in [-0.15, -0.1) is 0 Å². The van der Waals surface area contributed by atoms with Crippen molar-refractivity contribution in [2.24, 2.45) is 5.92 Å². The number of nitrogens with zero attached hydrogens (tertiary/aromatic N) is 2. The summed E-state index contributed by atoms with van der Waals surface area (Å²) in [5.41, 5.74) is 0. The number of rotatable bonds is 3. The third kappa shape index (κ3) is 1.91. The van der Waals surface area contributed by atoms with Crippen LogP contribution in [-0.2, 0) is 4.79 Å². The quantitative estimate of drug-likeness (QED) is 0.713. The lowest BCUT2D eigenvalue weighted by Crippen LogP contribution is -2.44. The summed E-state index contributed by atoms with van der Waals surface area (Å²) in [4.78, 5) is 15.3. The van der Waals surface area contributed by atoms with Gasteiger partial charge in [0.25, 0.3) is 0 Å². The van der Waals surface area contributed by atoms with Crippen molar-refractivity contribution in [2.75, 3.05) is 27.7 Å². The second-order valence-electron chi connectivity index (χ2n) is 4.31. The highest BCUT2D eigenvalue weighted by molar-refractivity contribution is 5.72. The maximum Gasteiger partial charge on any atom is 0.309 e. The van der Waals surface area contributed by atoms with Gasteiger partial charge in [-0.25, -0.2) is 0 Å². The number of aliphatic carboxylic acids is 1. The Morgan fingerprint density at radius 2 is 2.14 bits per heavy atom. The van der Waals surface area contributed by atoms with Crippen LogP contribution in [-0.4, -0.2) is 60.6 Å². The van der Waals surface area contributed by atoms with Gasteiger partial charge in [0, 0.05) is 18.6 Å². The van der Waals surface area contributed by atoms with Crippen LogP contribution in [0.15, 0.2) is 0 Å². The molecule has 0 aromatic carbocycles. The average molecular weight is 200 g/mol. The van der Waals surface area contributed by atoms with E-state index in [4.69, 9.17) is 5.11 Å². The molecular formula is C10H20N2O2. The van der Waals surface area contributed by atoms with Crippen molar-refractivity contribution in [2.45, 2.75) is 25.4 Å². The van der Waals surface area contributed by atoms with Crippen molar-refractivity contribution < 1.29 is 9.90 Å². The Bertz CT molecular complexity index is 218. The Hall–Kier alpha value is -0.610. The molecular weight excluding hydrogens is 180 g/mol. The molecule has 0 bridgehead atoms. The first-order valence-electron chi connectivity index (χ1n) is 5.08. The summed E-state index contributed by atoms with van der Waals surface area (Å²) in [5.74, 6) is -0.925. The summed E-state index contributed by atoms with van der Waals surface area (Å²) in [5, 5.41) is 9.11. The molecule has 0 aliphatic carbocycles. The second-order valence-corrected chi connectivity index (χ2v) is 4.31. The first-order valence-corrected chi connectivity index (χ1v) is 5.08. The van der Waals surface area contributed by atoms with E-state index in [-0.39, 0.29) is 12.0 Å². The molecule has 4 heteroatoms. The van der Waals surface area contributed by atoms with E-state index in [0.29, 0.717) is 12.6 Å². The molecule has 1 aliphatic heterocycles. The molecule has 0 aromatic rings. The van der Waals surface area contributed by atoms with Gasteiger partial charge in [-0.3, -0.25) is 4.79 Å². The van der Waals surface area contributed by atoms with E-state index in [2.05, 4.69) is 11.8 Å². The average Bonchev–Trinajstić information content (AvgIpc) is 2.42. The Labute approximate surface area is 85.5 Å². The molecule has 1 rings (SSSR count). The first-order chi connectivity index (χ1) is 6.49. The van der Waals surface area contributed by atoms with Gasteiger partial charge in [0.1, 0.15) is 0 Å². The van der Waals surface area contributed by atoms with E-state index in [1.807, 2.05) is 26.0 Å². The standard InChI is InChI=1S/C10H20N2O2/c1-5-8-9(11(2)3)7(10(13)14)6-12(8)4/h7-9H,5-6H2,1-4H3,(H,13,14). The number of hydrogen-bond acceptors (Lipinski definition) is 3. The Balaban J connectivity index is 2.84. The molecule has 0 saturated carbocycles. The van der Waals surface area contributed by atoms with Crippen LogP contribution >= 0.6 is 0 Å². The molecule has 82 valence electrons. The van der Waals surface area contributed by atoms with E-state index in [1.165, 1.54) is 0 Å². The van der Waals surface area contributed by atoms with E-state index in [1.54, 1.807) is 0 Å². The van der Waals surface area contributed by atoms with Crippen molar-refractivity contribution in [1.29, 1.82) is 0 Å². The largest absolute Gasteiger partial charge is 0.481 e.